The molecule has 0 heterocycles. The average Bonchev–Trinajstić information content (AvgIpc) is 2.43. The van der Waals surface area contributed by atoms with Gasteiger partial charge in [0.05, 0.1) is 5.56 Å². The molecule has 104 valence electrons. The number of amides is 1. The molecule has 0 aliphatic carbocycles. The second-order valence-electron chi connectivity index (χ2n) is 4.41. The van der Waals surface area contributed by atoms with Crippen molar-refractivity contribution in [2.75, 3.05) is 7.05 Å². The van der Waals surface area contributed by atoms with Gasteiger partial charge in [-0.1, -0.05) is 34.1 Å². The Morgan fingerprint density at radius 1 is 1.30 bits per heavy atom. The standard InChI is InChI=1S/C15H13BrFNO2/c1-18(9-10-4-2-3-5-13(10)17)15(20)12-8-11(16)6-7-14(12)19/h2-8,19H,9H2,1H3. The van der Waals surface area contributed by atoms with Gasteiger partial charge in [-0.15, -0.1) is 0 Å². The van der Waals surface area contributed by atoms with Crippen molar-refractivity contribution < 1.29 is 14.3 Å². The quantitative estimate of drug-likeness (QED) is 0.930. The van der Waals surface area contributed by atoms with Crippen LogP contribution >= 0.6 is 15.9 Å². The molecule has 0 bridgehead atoms. The average molecular weight is 338 g/mol. The number of hydrogen-bond acceptors (Lipinski definition) is 2. The molecule has 0 fully saturated rings. The van der Waals surface area contributed by atoms with Gasteiger partial charge in [-0.3, -0.25) is 4.79 Å². The van der Waals surface area contributed by atoms with E-state index < -0.39 is 0 Å². The lowest BCUT2D eigenvalue weighted by molar-refractivity contribution is 0.0781. The van der Waals surface area contributed by atoms with Crippen LogP contribution in [0.5, 0.6) is 5.75 Å². The third-order valence-corrected chi connectivity index (χ3v) is 3.39. The van der Waals surface area contributed by atoms with Gasteiger partial charge >= 0.3 is 0 Å². The van der Waals surface area contributed by atoms with Gasteiger partial charge in [0.25, 0.3) is 5.91 Å². The van der Waals surface area contributed by atoms with Gasteiger partial charge in [0.2, 0.25) is 0 Å². The van der Waals surface area contributed by atoms with Crippen molar-refractivity contribution >= 4 is 21.8 Å². The van der Waals surface area contributed by atoms with Crippen LogP contribution in [-0.4, -0.2) is 23.0 Å². The molecule has 0 aromatic heterocycles. The molecule has 2 rings (SSSR count). The van der Waals surface area contributed by atoms with Crippen LogP contribution in [0.4, 0.5) is 4.39 Å². The van der Waals surface area contributed by atoms with Gasteiger partial charge in [0, 0.05) is 23.6 Å². The first-order chi connectivity index (χ1) is 9.49. The van der Waals surface area contributed by atoms with Crippen molar-refractivity contribution in [3.8, 4) is 5.75 Å². The summed E-state index contributed by atoms with van der Waals surface area (Å²) >= 11 is 3.25. The second-order valence-corrected chi connectivity index (χ2v) is 5.33. The Labute approximate surface area is 124 Å². The minimum absolute atomic E-state index is 0.0985. The topological polar surface area (TPSA) is 40.5 Å². The number of nitrogens with zero attached hydrogens (tertiary/aromatic N) is 1. The largest absolute Gasteiger partial charge is 0.507 e. The highest BCUT2D eigenvalue weighted by Gasteiger charge is 2.17. The first kappa shape index (κ1) is 14.5. The van der Waals surface area contributed by atoms with Crippen LogP contribution in [0.1, 0.15) is 15.9 Å². The number of rotatable bonds is 3. The molecule has 0 spiro atoms. The molecule has 0 unspecified atom stereocenters. The van der Waals surface area contributed by atoms with Crippen LogP contribution in [0.3, 0.4) is 0 Å². The molecule has 0 saturated heterocycles. The first-order valence-corrected chi connectivity index (χ1v) is 6.75. The van der Waals surface area contributed by atoms with Gasteiger partial charge in [-0.2, -0.15) is 0 Å². The Hall–Kier alpha value is -1.88. The molecule has 2 aromatic carbocycles. The number of carbonyl (C=O) groups excluding carboxylic acids is 1. The van der Waals surface area contributed by atoms with Crippen molar-refractivity contribution in [2.24, 2.45) is 0 Å². The van der Waals surface area contributed by atoms with Crippen LogP contribution in [0.25, 0.3) is 0 Å². The fourth-order valence-electron chi connectivity index (χ4n) is 1.84. The van der Waals surface area contributed by atoms with Crippen LogP contribution in [0.2, 0.25) is 0 Å². The predicted octanol–water partition coefficient (Wildman–Crippen LogP) is 3.57. The minimum Gasteiger partial charge on any atom is -0.507 e. The maximum absolute atomic E-state index is 13.6. The highest BCUT2D eigenvalue weighted by Crippen LogP contribution is 2.23. The van der Waals surface area contributed by atoms with Crippen molar-refractivity contribution in [1.82, 2.24) is 4.90 Å². The Bertz CT molecular complexity index is 646. The molecule has 20 heavy (non-hydrogen) atoms. The van der Waals surface area contributed by atoms with Crippen molar-refractivity contribution in [1.29, 1.82) is 0 Å². The zero-order chi connectivity index (χ0) is 14.7. The van der Waals surface area contributed by atoms with Gasteiger partial charge in [0.15, 0.2) is 0 Å². The number of halogens is 2. The molecule has 0 aliphatic rings. The van der Waals surface area contributed by atoms with E-state index in [0.717, 1.165) is 0 Å². The van der Waals surface area contributed by atoms with E-state index in [-0.39, 0.29) is 29.6 Å². The lowest BCUT2D eigenvalue weighted by Crippen LogP contribution is -2.26. The summed E-state index contributed by atoms with van der Waals surface area (Å²) < 4.78 is 14.3. The van der Waals surface area contributed by atoms with Crippen LogP contribution in [-0.2, 0) is 6.54 Å². The van der Waals surface area contributed by atoms with E-state index >= 15 is 0 Å². The van der Waals surface area contributed by atoms with Crippen molar-refractivity contribution in [2.45, 2.75) is 6.54 Å². The molecule has 2 aromatic rings. The van der Waals surface area contributed by atoms with E-state index in [0.29, 0.717) is 10.0 Å². The Balaban J connectivity index is 2.21. The lowest BCUT2D eigenvalue weighted by atomic mass is 10.1. The van der Waals surface area contributed by atoms with E-state index in [9.17, 15) is 14.3 Å². The third-order valence-electron chi connectivity index (χ3n) is 2.90. The van der Waals surface area contributed by atoms with Gasteiger partial charge in [-0.05, 0) is 24.3 Å². The van der Waals surface area contributed by atoms with Crippen LogP contribution in [0, 0.1) is 5.82 Å². The summed E-state index contributed by atoms with van der Waals surface area (Å²) in [5, 5.41) is 9.73. The minimum atomic E-state index is -0.368. The maximum Gasteiger partial charge on any atom is 0.257 e. The van der Waals surface area contributed by atoms with E-state index in [4.69, 9.17) is 0 Å². The first-order valence-electron chi connectivity index (χ1n) is 5.96. The summed E-state index contributed by atoms with van der Waals surface area (Å²) in [4.78, 5) is 13.6. The summed E-state index contributed by atoms with van der Waals surface area (Å²) in [6.07, 6.45) is 0. The number of benzene rings is 2. The van der Waals surface area contributed by atoms with E-state index in [2.05, 4.69) is 15.9 Å². The van der Waals surface area contributed by atoms with Gasteiger partial charge < -0.3 is 10.0 Å². The summed E-state index contributed by atoms with van der Waals surface area (Å²) in [7, 11) is 1.56. The molecular weight excluding hydrogens is 325 g/mol. The SMILES string of the molecule is CN(Cc1ccccc1F)C(=O)c1cc(Br)ccc1O. The van der Waals surface area contributed by atoms with Crippen LogP contribution < -0.4 is 0 Å². The normalized spacial score (nSPS) is 10.3. The molecule has 0 aliphatic heterocycles. The summed E-state index contributed by atoms with van der Waals surface area (Å²) in [5.74, 6) is -0.823. The zero-order valence-corrected chi connectivity index (χ0v) is 12.4. The van der Waals surface area contributed by atoms with Crippen molar-refractivity contribution in [3.05, 3.63) is 63.9 Å². The second kappa shape index (κ2) is 6.05. The smallest absolute Gasteiger partial charge is 0.257 e. The number of phenolic OH excluding ortho intramolecular Hbond substituents is 1. The Kier molecular flexibility index (Phi) is 4.39. The van der Waals surface area contributed by atoms with E-state index in [1.807, 2.05) is 0 Å². The molecule has 3 nitrogen and oxygen atoms in total. The monoisotopic (exact) mass is 337 g/mol. The number of carbonyl (C=O) groups is 1. The van der Waals surface area contributed by atoms with Gasteiger partial charge in [-0.25, -0.2) is 4.39 Å². The maximum atomic E-state index is 13.6. The Morgan fingerprint density at radius 3 is 2.70 bits per heavy atom. The predicted molar refractivity (Wildman–Crippen MR) is 78.0 cm³/mol. The molecule has 0 radical (unpaired) electrons. The van der Waals surface area contributed by atoms with E-state index in [1.165, 1.54) is 23.1 Å². The van der Waals surface area contributed by atoms with Crippen molar-refractivity contribution in [3.63, 3.8) is 0 Å². The molecule has 0 atom stereocenters. The summed E-state index contributed by atoms with van der Waals surface area (Å²) in [6, 6.07) is 10.9. The molecule has 1 N–H and O–H groups in total. The van der Waals surface area contributed by atoms with Crippen LogP contribution in [0.15, 0.2) is 46.9 Å². The highest BCUT2D eigenvalue weighted by molar-refractivity contribution is 9.10. The number of aromatic hydroxyl groups is 1. The Morgan fingerprint density at radius 2 is 2.00 bits per heavy atom. The molecule has 5 heteroatoms. The highest BCUT2D eigenvalue weighted by atomic mass is 79.9. The number of hydrogen-bond donors (Lipinski definition) is 1. The van der Waals surface area contributed by atoms with Gasteiger partial charge in [0.1, 0.15) is 11.6 Å². The zero-order valence-electron chi connectivity index (χ0n) is 10.8. The fourth-order valence-corrected chi connectivity index (χ4v) is 2.20. The lowest BCUT2D eigenvalue weighted by Gasteiger charge is -2.18. The third kappa shape index (κ3) is 3.17. The molecular formula is C15H13BrFNO2. The van der Waals surface area contributed by atoms with E-state index in [1.54, 1.807) is 31.3 Å². The molecule has 0 saturated carbocycles. The summed E-state index contributed by atoms with van der Waals surface area (Å²) in [6.45, 7) is 0.136. The molecule has 1 amide bonds. The summed E-state index contributed by atoms with van der Waals surface area (Å²) in [5.41, 5.74) is 0.607. The number of phenols is 1. The fraction of sp³-hybridized carbons (Fsp3) is 0.133.